The van der Waals surface area contributed by atoms with E-state index in [2.05, 4.69) is 10.2 Å². The summed E-state index contributed by atoms with van der Waals surface area (Å²) in [6, 6.07) is 7.19. The molecule has 0 saturated carbocycles. The molecule has 0 aliphatic carbocycles. The van der Waals surface area contributed by atoms with Gasteiger partial charge in [-0.05, 0) is 12.1 Å². The molecule has 0 radical (unpaired) electrons. The molecule has 0 aliphatic heterocycles. The molecule has 0 amide bonds. The maximum Gasteiger partial charge on any atom is 0.197 e. The van der Waals surface area contributed by atoms with Gasteiger partial charge in [-0.2, -0.15) is 5.10 Å². The molecule has 14 heavy (non-hydrogen) atoms. The Morgan fingerprint density at radius 1 is 1.36 bits per heavy atom. The van der Waals surface area contributed by atoms with Crippen LogP contribution in [0.25, 0.3) is 10.9 Å². The molecule has 1 aromatic heterocycles. The van der Waals surface area contributed by atoms with Crippen LogP contribution in [-0.2, 0) is 9.84 Å². The van der Waals surface area contributed by atoms with Crippen molar-refractivity contribution in [3.05, 3.63) is 24.3 Å². The van der Waals surface area contributed by atoms with Crippen LogP contribution >= 0.6 is 0 Å². The standard InChI is InChI=1S/C9H10N2O2S/c1-2-14(12,13)9-7-5-3-4-6-8(7)10-11-9/h3-6H,2H2,1H3,(H,10,11). The van der Waals surface area contributed by atoms with Gasteiger partial charge in [-0.1, -0.05) is 19.1 Å². The predicted molar refractivity (Wildman–Crippen MR) is 53.8 cm³/mol. The zero-order valence-corrected chi connectivity index (χ0v) is 8.50. The average Bonchev–Trinajstić information content (AvgIpc) is 2.61. The SMILES string of the molecule is CCS(=O)(=O)c1n[nH]c2ccccc12. The van der Waals surface area contributed by atoms with Crippen molar-refractivity contribution >= 4 is 20.7 Å². The largest absolute Gasteiger partial charge is 0.277 e. The second-order valence-electron chi connectivity index (χ2n) is 2.98. The summed E-state index contributed by atoms with van der Waals surface area (Å²) in [5.74, 6) is 0.0713. The van der Waals surface area contributed by atoms with Gasteiger partial charge in [0.1, 0.15) is 0 Å². The Kier molecular flexibility index (Phi) is 2.03. The Balaban J connectivity index is 2.77. The molecule has 0 atom stereocenters. The van der Waals surface area contributed by atoms with Gasteiger partial charge in [0.15, 0.2) is 14.9 Å². The van der Waals surface area contributed by atoms with E-state index < -0.39 is 9.84 Å². The molecule has 0 aliphatic rings. The third kappa shape index (κ3) is 1.29. The number of nitrogens with one attached hydrogen (secondary N) is 1. The van der Waals surface area contributed by atoms with E-state index in [0.717, 1.165) is 5.52 Å². The highest BCUT2D eigenvalue weighted by molar-refractivity contribution is 7.91. The molecule has 0 fully saturated rings. The first-order valence-corrected chi connectivity index (χ1v) is 5.96. The summed E-state index contributed by atoms with van der Waals surface area (Å²) in [6.45, 7) is 1.61. The molecule has 0 bridgehead atoms. The van der Waals surface area contributed by atoms with Gasteiger partial charge >= 0.3 is 0 Å². The second-order valence-corrected chi connectivity index (χ2v) is 5.17. The fourth-order valence-electron chi connectivity index (χ4n) is 1.31. The minimum absolute atomic E-state index is 0.0713. The summed E-state index contributed by atoms with van der Waals surface area (Å²) < 4.78 is 23.2. The number of aromatic amines is 1. The minimum Gasteiger partial charge on any atom is -0.277 e. The Morgan fingerprint density at radius 2 is 2.07 bits per heavy atom. The zero-order chi connectivity index (χ0) is 10.2. The lowest BCUT2D eigenvalue weighted by molar-refractivity contribution is 0.594. The second kappa shape index (κ2) is 3.09. The van der Waals surface area contributed by atoms with Crippen molar-refractivity contribution in [3.63, 3.8) is 0 Å². The number of H-pyrrole nitrogens is 1. The van der Waals surface area contributed by atoms with Crippen molar-refractivity contribution in [1.29, 1.82) is 0 Å². The van der Waals surface area contributed by atoms with Gasteiger partial charge in [-0.15, -0.1) is 0 Å². The Morgan fingerprint density at radius 3 is 2.79 bits per heavy atom. The molecule has 5 heteroatoms. The molecule has 0 saturated heterocycles. The van der Waals surface area contributed by atoms with Crippen LogP contribution in [0.1, 0.15) is 6.92 Å². The predicted octanol–water partition coefficient (Wildman–Crippen LogP) is 1.36. The van der Waals surface area contributed by atoms with Crippen LogP contribution in [0.3, 0.4) is 0 Å². The van der Waals surface area contributed by atoms with E-state index in [0.29, 0.717) is 5.39 Å². The quantitative estimate of drug-likeness (QED) is 0.814. The average molecular weight is 210 g/mol. The maximum atomic E-state index is 11.6. The highest BCUT2D eigenvalue weighted by Gasteiger charge is 2.18. The monoisotopic (exact) mass is 210 g/mol. The molecular formula is C9H10N2O2S. The normalized spacial score (nSPS) is 12.1. The highest BCUT2D eigenvalue weighted by Crippen LogP contribution is 2.20. The van der Waals surface area contributed by atoms with Crippen LogP contribution < -0.4 is 0 Å². The van der Waals surface area contributed by atoms with Crippen LogP contribution in [0.2, 0.25) is 0 Å². The lowest BCUT2D eigenvalue weighted by atomic mass is 10.3. The van der Waals surface area contributed by atoms with E-state index in [-0.39, 0.29) is 10.8 Å². The summed E-state index contributed by atoms with van der Waals surface area (Å²) in [7, 11) is -3.22. The van der Waals surface area contributed by atoms with Crippen molar-refractivity contribution in [1.82, 2.24) is 10.2 Å². The highest BCUT2D eigenvalue weighted by atomic mass is 32.2. The number of sulfone groups is 1. The fraction of sp³-hybridized carbons (Fsp3) is 0.222. The van der Waals surface area contributed by atoms with E-state index in [9.17, 15) is 8.42 Å². The number of hydrogen-bond acceptors (Lipinski definition) is 3. The number of fused-ring (bicyclic) bond motifs is 1. The van der Waals surface area contributed by atoms with Gasteiger partial charge in [0.2, 0.25) is 0 Å². The maximum absolute atomic E-state index is 11.6. The summed E-state index contributed by atoms with van der Waals surface area (Å²) in [6.07, 6.45) is 0. The lowest BCUT2D eigenvalue weighted by Crippen LogP contribution is -2.04. The first-order chi connectivity index (χ1) is 6.65. The molecule has 2 aromatic rings. The first kappa shape index (κ1) is 9.21. The van der Waals surface area contributed by atoms with Gasteiger partial charge in [0.05, 0.1) is 11.3 Å². The van der Waals surface area contributed by atoms with Gasteiger partial charge in [0.25, 0.3) is 0 Å². The number of hydrogen-bond donors (Lipinski definition) is 1. The summed E-state index contributed by atoms with van der Waals surface area (Å²) >= 11 is 0. The van der Waals surface area contributed by atoms with Crippen LogP contribution in [0.15, 0.2) is 29.3 Å². The van der Waals surface area contributed by atoms with Gasteiger partial charge in [0, 0.05) is 5.39 Å². The van der Waals surface area contributed by atoms with Gasteiger partial charge in [-0.25, -0.2) is 8.42 Å². The molecule has 4 nitrogen and oxygen atoms in total. The third-order valence-corrected chi connectivity index (χ3v) is 3.77. The van der Waals surface area contributed by atoms with E-state index in [1.54, 1.807) is 25.1 Å². The third-order valence-electron chi connectivity index (χ3n) is 2.11. The van der Waals surface area contributed by atoms with Crippen LogP contribution in [-0.4, -0.2) is 24.4 Å². The van der Waals surface area contributed by atoms with Crippen molar-refractivity contribution < 1.29 is 8.42 Å². The summed E-state index contributed by atoms with van der Waals surface area (Å²) in [5, 5.41) is 7.33. The van der Waals surface area contributed by atoms with Crippen molar-refractivity contribution in [2.24, 2.45) is 0 Å². The molecule has 1 aromatic carbocycles. The number of aromatic nitrogens is 2. The molecule has 1 N–H and O–H groups in total. The Labute approximate surface area is 81.9 Å². The fourth-order valence-corrected chi connectivity index (χ4v) is 2.28. The molecule has 1 heterocycles. The molecule has 2 rings (SSSR count). The summed E-state index contributed by atoms with van der Waals surface area (Å²) in [5.41, 5.74) is 0.750. The van der Waals surface area contributed by atoms with Crippen LogP contribution in [0.4, 0.5) is 0 Å². The molecule has 74 valence electrons. The first-order valence-electron chi connectivity index (χ1n) is 4.31. The van der Waals surface area contributed by atoms with E-state index in [1.807, 2.05) is 6.07 Å². The Bertz CT molecular complexity index is 557. The number of benzene rings is 1. The number of para-hydroxylation sites is 1. The Hall–Kier alpha value is -1.36. The van der Waals surface area contributed by atoms with E-state index >= 15 is 0 Å². The van der Waals surface area contributed by atoms with Gasteiger partial charge in [-0.3, -0.25) is 5.10 Å². The van der Waals surface area contributed by atoms with E-state index in [1.165, 1.54) is 0 Å². The lowest BCUT2D eigenvalue weighted by Gasteiger charge is -1.95. The minimum atomic E-state index is -3.22. The number of rotatable bonds is 2. The number of nitrogens with zero attached hydrogens (tertiary/aromatic N) is 1. The van der Waals surface area contributed by atoms with Crippen molar-refractivity contribution in [3.8, 4) is 0 Å². The molecule has 0 unspecified atom stereocenters. The van der Waals surface area contributed by atoms with Crippen molar-refractivity contribution in [2.75, 3.05) is 5.75 Å². The van der Waals surface area contributed by atoms with Crippen molar-refractivity contribution in [2.45, 2.75) is 11.9 Å². The summed E-state index contributed by atoms with van der Waals surface area (Å²) in [4.78, 5) is 0. The smallest absolute Gasteiger partial charge is 0.197 e. The topological polar surface area (TPSA) is 62.8 Å². The van der Waals surface area contributed by atoms with Gasteiger partial charge < -0.3 is 0 Å². The zero-order valence-electron chi connectivity index (χ0n) is 7.69. The van der Waals surface area contributed by atoms with E-state index in [4.69, 9.17) is 0 Å². The molecular weight excluding hydrogens is 200 g/mol. The van der Waals surface area contributed by atoms with Crippen LogP contribution in [0, 0.1) is 0 Å². The van der Waals surface area contributed by atoms with Crippen LogP contribution in [0.5, 0.6) is 0 Å². The molecule has 0 spiro atoms.